The molecule has 1 unspecified atom stereocenters. The molecule has 2 heterocycles. The number of rotatable bonds is 2. The molecular formula is C23H26N2O. The number of hydrogen-bond donors (Lipinski definition) is 1. The average molecular weight is 346 g/mol. The van der Waals surface area contributed by atoms with Gasteiger partial charge in [0.05, 0.1) is 0 Å². The van der Waals surface area contributed by atoms with Crippen LogP contribution in [-0.4, -0.2) is 18.1 Å². The Morgan fingerprint density at radius 3 is 2.46 bits per heavy atom. The Balaban J connectivity index is 1.84. The van der Waals surface area contributed by atoms with Gasteiger partial charge in [-0.15, -0.1) is 0 Å². The van der Waals surface area contributed by atoms with Crippen LogP contribution >= 0.6 is 0 Å². The molecule has 0 spiro atoms. The molecule has 1 amide bonds. The fraction of sp³-hybridized carbons (Fsp3) is 0.348. The quantitative estimate of drug-likeness (QED) is 0.878. The Labute approximate surface area is 155 Å². The van der Waals surface area contributed by atoms with Gasteiger partial charge in [-0.2, -0.15) is 0 Å². The van der Waals surface area contributed by atoms with Crippen LogP contribution in [0.3, 0.4) is 0 Å². The molecule has 1 atom stereocenters. The highest BCUT2D eigenvalue weighted by Gasteiger charge is 2.57. The molecule has 2 aliphatic heterocycles. The molecule has 2 aromatic rings. The number of carbonyl (C=O) groups excluding carboxylic acids is 1. The minimum absolute atomic E-state index is 0.118. The summed E-state index contributed by atoms with van der Waals surface area (Å²) in [6, 6.07) is 15.1. The molecule has 0 aromatic heterocycles. The Morgan fingerprint density at radius 1 is 1.04 bits per heavy atom. The molecule has 26 heavy (non-hydrogen) atoms. The van der Waals surface area contributed by atoms with Crippen LogP contribution in [-0.2, 0) is 10.2 Å². The lowest BCUT2D eigenvalue weighted by Gasteiger charge is -2.49. The van der Waals surface area contributed by atoms with Gasteiger partial charge in [-0.3, -0.25) is 4.79 Å². The second kappa shape index (κ2) is 5.73. The molecule has 0 bridgehead atoms. The predicted octanol–water partition coefficient (Wildman–Crippen LogP) is 4.33. The van der Waals surface area contributed by atoms with E-state index in [4.69, 9.17) is 0 Å². The molecule has 1 fully saturated rings. The van der Waals surface area contributed by atoms with E-state index in [2.05, 4.69) is 92.5 Å². The van der Waals surface area contributed by atoms with Gasteiger partial charge in [0.1, 0.15) is 5.66 Å². The van der Waals surface area contributed by atoms with Crippen molar-refractivity contribution in [1.82, 2.24) is 5.32 Å². The van der Waals surface area contributed by atoms with Gasteiger partial charge in [-0.1, -0.05) is 67.4 Å². The maximum atomic E-state index is 12.4. The van der Waals surface area contributed by atoms with E-state index in [1.807, 2.05) is 0 Å². The molecule has 0 saturated carbocycles. The molecular weight excluding hydrogens is 320 g/mol. The number of amides is 1. The van der Waals surface area contributed by atoms with E-state index in [0.717, 1.165) is 12.1 Å². The molecule has 0 aliphatic carbocycles. The van der Waals surface area contributed by atoms with Crippen molar-refractivity contribution in [3.63, 3.8) is 0 Å². The highest BCUT2D eigenvalue weighted by molar-refractivity contribution is 5.84. The number of hydrogen-bond acceptors (Lipinski definition) is 2. The summed E-state index contributed by atoms with van der Waals surface area (Å²) in [5.41, 5.74) is 5.40. The number of benzene rings is 2. The van der Waals surface area contributed by atoms with Crippen LogP contribution in [0.5, 0.6) is 0 Å². The zero-order valence-corrected chi connectivity index (χ0v) is 16.0. The Bertz CT molecular complexity index is 895. The summed E-state index contributed by atoms with van der Waals surface area (Å²) in [5.74, 6) is 0.118. The van der Waals surface area contributed by atoms with Gasteiger partial charge < -0.3 is 10.2 Å². The van der Waals surface area contributed by atoms with Crippen molar-refractivity contribution in [2.75, 3.05) is 11.4 Å². The van der Waals surface area contributed by atoms with Gasteiger partial charge in [0.2, 0.25) is 5.91 Å². The van der Waals surface area contributed by atoms with Crippen molar-refractivity contribution in [1.29, 1.82) is 0 Å². The monoisotopic (exact) mass is 346 g/mol. The number of carbonyl (C=O) groups is 1. The maximum absolute atomic E-state index is 12.4. The normalized spacial score (nSPS) is 23.7. The highest BCUT2D eigenvalue weighted by Crippen LogP contribution is 2.52. The fourth-order valence-electron chi connectivity index (χ4n) is 4.36. The molecule has 1 N–H and O–H groups in total. The Kier molecular flexibility index (Phi) is 3.72. The van der Waals surface area contributed by atoms with E-state index in [0.29, 0.717) is 6.42 Å². The van der Waals surface area contributed by atoms with E-state index < -0.39 is 5.66 Å². The third kappa shape index (κ3) is 2.38. The summed E-state index contributed by atoms with van der Waals surface area (Å²) in [4.78, 5) is 14.8. The van der Waals surface area contributed by atoms with Crippen molar-refractivity contribution in [2.45, 2.75) is 45.2 Å². The molecule has 134 valence electrons. The largest absolute Gasteiger partial charge is 0.344 e. The lowest BCUT2D eigenvalue weighted by Crippen LogP contribution is -2.68. The van der Waals surface area contributed by atoms with E-state index >= 15 is 0 Å². The topological polar surface area (TPSA) is 32.3 Å². The van der Waals surface area contributed by atoms with Crippen LogP contribution < -0.4 is 10.2 Å². The van der Waals surface area contributed by atoms with Gasteiger partial charge in [-0.25, -0.2) is 0 Å². The SMILES string of the molecule is Cc1ccc(/C=C/C23NC(=O)CCN2c2ccc(C)cc2C3(C)C)cc1. The molecule has 2 aromatic carbocycles. The van der Waals surface area contributed by atoms with Gasteiger partial charge in [0, 0.05) is 24.1 Å². The van der Waals surface area contributed by atoms with Crippen LogP contribution in [0.25, 0.3) is 6.08 Å². The number of nitrogens with zero attached hydrogens (tertiary/aromatic N) is 1. The standard InChI is InChI=1S/C23H26N2O/c1-16-5-8-18(9-6-16)11-13-23-22(3,4)19-15-17(2)7-10-20(19)25(23)14-12-21(26)24-23/h5-11,13,15H,12,14H2,1-4H3,(H,24,26)/b13-11+. The zero-order valence-electron chi connectivity index (χ0n) is 16.0. The third-order valence-corrected chi connectivity index (χ3v) is 5.98. The molecule has 1 saturated heterocycles. The highest BCUT2D eigenvalue weighted by atomic mass is 16.2. The molecule has 3 nitrogen and oxygen atoms in total. The van der Waals surface area contributed by atoms with Gasteiger partial charge in [0.25, 0.3) is 0 Å². The molecule has 4 rings (SSSR count). The van der Waals surface area contributed by atoms with E-state index in [1.54, 1.807) is 0 Å². The van der Waals surface area contributed by atoms with Crippen LogP contribution in [0.1, 0.15) is 42.5 Å². The van der Waals surface area contributed by atoms with Crippen molar-refractivity contribution in [3.8, 4) is 0 Å². The summed E-state index contributed by atoms with van der Waals surface area (Å²) in [7, 11) is 0. The minimum atomic E-state index is -0.538. The fourth-order valence-corrected chi connectivity index (χ4v) is 4.36. The second-order valence-corrected chi connectivity index (χ2v) is 8.11. The maximum Gasteiger partial charge on any atom is 0.223 e. The summed E-state index contributed by atoms with van der Waals surface area (Å²) in [5, 5.41) is 3.33. The predicted molar refractivity (Wildman–Crippen MR) is 107 cm³/mol. The van der Waals surface area contributed by atoms with Crippen LogP contribution in [0.15, 0.2) is 48.5 Å². The third-order valence-electron chi connectivity index (χ3n) is 5.98. The second-order valence-electron chi connectivity index (χ2n) is 8.11. The zero-order chi connectivity index (χ0) is 18.5. The van der Waals surface area contributed by atoms with Crippen LogP contribution in [0, 0.1) is 13.8 Å². The lowest BCUT2D eigenvalue weighted by atomic mass is 9.74. The Morgan fingerprint density at radius 2 is 1.73 bits per heavy atom. The first-order valence-electron chi connectivity index (χ1n) is 9.29. The number of anilines is 1. The smallest absolute Gasteiger partial charge is 0.223 e. The van der Waals surface area contributed by atoms with Crippen molar-refractivity contribution in [2.24, 2.45) is 0 Å². The van der Waals surface area contributed by atoms with Gasteiger partial charge in [0.15, 0.2) is 0 Å². The van der Waals surface area contributed by atoms with Crippen molar-refractivity contribution >= 4 is 17.7 Å². The number of nitrogens with one attached hydrogen (secondary N) is 1. The van der Waals surface area contributed by atoms with E-state index in [9.17, 15) is 4.79 Å². The average Bonchev–Trinajstić information content (AvgIpc) is 2.79. The summed E-state index contributed by atoms with van der Waals surface area (Å²) >= 11 is 0. The van der Waals surface area contributed by atoms with E-state index in [1.165, 1.54) is 22.4 Å². The van der Waals surface area contributed by atoms with Gasteiger partial charge >= 0.3 is 0 Å². The first-order valence-corrected chi connectivity index (χ1v) is 9.29. The van der Waals surface area contributed by atoms with Crippen molar-refractivity contribution in [3.05, 3.63) is 70.8 Å². The van der Waals surface area contributed by atoms with Crippen LogP contribution in [0.4, 0.5) is 5.69 Å². The summed E-state index contributed by atoms with van der Waals surface area (Å²) < 4.78 is 0. The van der Waals surface area contributed by atoms with Gasteiger partial charge in [-0.05, 0) is 37.1 Å². The van der Waals surface area contributed by atoms with E-state index in [-0.39, 0.29) is 11.3 Å². The first-order chi connectivity index (χ1) is 12.3. The summed E-state index contributed by atoms with van der Waals surface area (Å²) in [6.07, 6.45) is 4.85. The number of aryl methyl sites for hydroxylation is 2. The molecule has 2 aliphatic rings. The van der Waals surface area contributed by atoms with Crippen molar-refractivity contribution < 1.29 is 4.79 Å². The molecule has 0 radical (unpaired) electrons. The molecule has 3 heteroatoms. The minimum Gasteiger partial charge on any atom is -0.344 e. The Hall–Kier alpha value is -2.55. The first kappa shape index (κ1) is 16.9. The van der Waals surface area contributed by atoms with Crippen LogP contribution in [0.2, 0.25) is 0 Å². The lowest BCUT2D eigenvalue weighted by molar-refractivity contribution is -0.124. The number of fused-ring (bicyclic) bond motifs is 3. The summed E-state index contributed by atoms with van der Waals surface area (Å²) in [6.45, 7) is 9.42.